The molecule has 4 heteroatoms. The molecule has 2 rings (SSSR count). The van der Waals surface area contributed by atoms with Gasteiger partial charge in [-0.3, -0.25) is 0 Å². The normalized spacial score (nSPS) is 17.0. The Bertz CT molecular complexity index is 402. The third kappa shape index (κ3) is 2.82. The standard InChI is InChI=1S/C13H19NO3/c1-8(9-2-3-9)6-14-7-10-4-5-11(15)13(17)12(10)16/h4-5,8-9,14-17H,2-3,6-7H2,1H3. The first-order valence-corrected chi connectivity index (χ1v) is 6.03. The molecule has 1 aliphatic carbocycles. The van der Waals surface area contributed by atoms with Gasteiger partial charge in [0.2, 0.25) is 5.75 Å². The number of rotatable bonds is 5. The van der Waals surface area contributed by atoms with Crippen LogP contribution >= 0.6 is 0 Å². The molecular weight excluding hydrogens is 218 g/mol. The summed E-state index contributed by atoms with van der Waals surface area (Å²) in [6.07, 6.45) is 2.65. The third-order valence-electron chi connectivity index (χ3n) is 3.42. The molecule has 0 amide bonds. The molecule has 1 aliphatic rings. The lowest BCUT2D eigenvalue weighted by Gasteiger charge is -2.12. The largest absolute Gasteiger partial charge is 0.504 e. The van der Waals surface area contributed by atoms with Gasteiger partial charge < -0.3 is 20.6 Å². The SMILES string of the molecule is CC(CNCc1ccc(O)c(O)c1O)C1CC1. The van der Waals surface area contributed by atoms with Crippen molar-refractivity contribution >= 4 is 0 Å². The third-order valence-corrected chi connectivity index (χ3v) is 3.42. The van der Waals surface area contributed by atoms with Crippen molar-refractivity contribution in [2.75, 3.05) is 6.54 Å². The molecule has 4 nitrogen and oxygen atoms in total. The summed E-state index contributed by atoms with van der Waals surface area (Å²) in [4.78, 5) is 0. The summed E-state index contributed by atoms with van der Waals surface area (Å²) < 4.78 is 0. The molecule has 0 aromatic heterocycles. The molecule has 1 atom stereocenters. The molecule has 94 valence electrons. The zero-order valence-corrected chi connectivity index (χ0v) is 9.98. The lowest BCUT2D eigenvalue weighted by Crippen LogP contribution is -2.21. The second kappa shape index (κ2) is 4.84. The molecule has 1 fully saturated rings. The van der Waals surface area contributed by atoms with Crippen molar-refractivity contribution in [2.45, 2.75) is 26.3 Å². The predicted molar refractivity (Wildman–Crippen MR) is 65.0 cm³/mol. The number of benzene rings is 1. The quantitative estimate of drug-likeness (QED) is 0.590. The Morgan fingerprint density at radius 1 is 1.24 bits per heavy atom. The van der Waals surface area contributed by atoms with E-state index in [2.05, 4.69) is 12.2 Å². The van der Waals surface area contributed by atoms with Crippen LogP contribution in [0.3, 0.4) is 0 Å². The van der Waals surface area contributed by atoms with Gasteiger partial charge in [0.1, 0.15) is 0 Å². The van der Waals surface area contributed by atoms with Gasteiger partial charge >= 0.3 is 0 Å². The van der Waals surface area contributed by atoms with Crippen molar-refractivity contribution in [2.24, 2.45) is 11.8 Å². The topological polar surface area (TPSA) is 72.7 Å². The van der Waals surface area contributed by atoms with E-state index in [1.165, 1.54) is 18.9 Å². The van der Waals surface area contributed by atoms with Crippen LogP contribution in [0.5, 0.6) is 17.2 Å². The molecule has 0 heterocycles. The van der Waals surface area contributed by atoms with Crippen LogP contribution in [0.4, 0.5) is 0 Å². The lowest BCUT2D eigenvalue weighted by molar-refractivity contribution is 0.363. The van der Waals surface area contributed by atoms with E-state index in [1.54, 1.807) is 6.07 Å². The first kappa shape index (κ1) is 12.0. The average molecular weight is 237 g/mol. The Balaban J connectivity index is 1.88. The van der Waals surface area contributed by atoms with Gasteiger partial charge in [0.05, 0.1) is 0 Å². The number of phenols is 3. The van der Waals surface area contributed by atoms with E-state index in [0.717, 1.165) is 12.5 Å². The fraction of sp³-hybridized carbons (Fsp3) is 0.538. The highest BCUT2D eigenvalue weighted by atomic mass is 16.3. The lowest BCUT2D eigenvalue weighted by atomic mass is 10.1. The van der Waals surface area contributed by atoms with Crippen molar-refractivity contribution in [3.05, 3.63) is 17.7 Å². The van der Waals surface area contributed by atoms with Crippen molar-refractivity contribution in [1.29, 1.82) is 0 Å². The molecule has 0 bridgehead atoms. The van der Waals surface area contributed by atoms with Crippen molar-refractivity contribution in [3.8, 4) is 17.2 Å². The fourth-order valence-electron chi connectivity index (χ4n) is 2.02. The highest BCUT2D eigenvalue weighted by molar-refractivity contribution is 5.52. The zero-order valence-electron chi connectivity index (χ0n) is 9.98. The van der Waals surface area contributed by atoms with E-state index in [4.69, 9.17) is 0 Å². The second-order valence-electron chi connectivity index (χ2n) is 4.89. The smallest absolute Gasteiger partial charge is 0.200 e. The monoisotopic (exact) mass is 237 g/mol. The van der Waals surface area contributed by atoms with E-state index in [1.807, 2.05) is 0 Å². The number of phenolic OH excluding ortho intramolecular Hbond substituents is 3. The molecule has 1 aromatic rings. The minimum Gasteiger partial charge on any atom is -0.504 e. The number of hydrogen-bond acceptors (Lipinski definition) is 4. The summed E-state index contributed by atoms with van der Waals surface area (Å²) in [6.45, 7) is 3.63. The average Bonchev–Trinajstić information content (AvgIpc) is 3.13. The first-order chi connectivity index (χ1) is 8.09. The van der Waals surface area contributed by atoms with Crippen molar-refractivity contribution < 1.29 is 15.3 Å². The second-order valence-corrected chi connectivity index (χ2v) is 4.89. The van der Waals surface area contributed by atoms with Crippen LogP contribution in [0, 0.1) is 11.8 Å². The number of aromatic hydroxyl groups is 3. The summed E-state index contributed by atoms with van der Waals surface area (Å²) in [7, 11) is 0. The fourth-order valence-corrected chi connectivity index (χ4v) is 2.02. The Kier molecular flexibility index (Phi) is 3.43. The van der Waals surface area contributed by atoms with Gasteiger partial charge in [-0.2, -0.15) is 0 Å². The molecule has 1 unspecified atom stereocenters. The minimum atomic E-state index is -0.445. The van der Waals surface area contributed by atoms with E-state index < -0.39 is 5.75 Å². The maximum absolute atomic E-state index is 9.62. The molecule has 1 aromatic carbocycles. The molecule has 0 aliphatic heterocycles. The Morgan fingerprint density at radius 3 is 2.59 bits per heavy atom. The van der Waals surface area contributed by atoms with Gasteiger partial charge in [-0.25, -0.2) is 0 Å². The van der Waals surface area contributed by atoms with E-state index in [-0.39, 0.29) is 11.5 Å². The van der Waals surface area contributed by atoms with Crippen LogP contribution in [-0.4, -0.2) is 21.9 Å². The minimum absolute atomic E-state index is 0.239. The van der Waals surface area contributed by atoms with Gasteiger partial charge in [-0.1, -0.05) is 13.0 Å². The molecule has 4 N–H and O–H groups in total. The Labute approximate surface area is 101 Å². The first-order valence-electron chi connectivity index (χ1n) is 6.03. The molecular formula is C13H19NO3. The van der Waals surface area contributed by atoms with E-state index >= 15 is 0 Å². The van der Waals surface area contributed by atoms with Crippen LogP contribution < -0.4 is 5.32 Å². The Hall–Kier alpha value is -1.42. The highest BCUT2D eigenvalue weighted by Crippen LogP contribution is 2.37. The number of nitrogens with one attached hydrogen (secondary N) is 1. The Morgan fingerprint density at radius 2 is 1.94 bits per heavy atom. The molecule has 17 heavy (non-hydrogen) atoms. The summed E-state index contributed by atoms with van der Waals surface area (Å²) in [5.74, 6) is 0.529. The summed E-state index contributed by atoms with van der Waals surface area (Å²) >= 11 is 0. The maximum Gasteiger partial charge on any atom is 0.200 e. The van der Waals surface area contributed by atoms with Gasteiger partial charge in [0.25, 0.3) is 0 Å². The van der Waals surface area contributed by atoms with E-state index in [9.17, 15) is 15.3 Å². The maximum atomic E-state index is 9.62. The van der Waals surface area contributed by atoms with Gasteiger partial charge in [-0.15, -0.1) is 0 Å². The summed E-state index contributed by atoms with van der Waals surface area (Å²) in [6, 6.07) is 3.00. The van der Waals surface area contributed by atoms with Gasteiger partial charge in [-0.05, 0) is 37.3 Å². The molecule has 0 saturated heterocycles. The van der Waals surface area contributed by atoms with Crippen LogP contribution in [-0.2, 0) is 6.54 Å². The summed E-state index contributed by atoms with van der Waals surface area (Å²) in [5.41, 5.74) is 0.600. The summed E-state index contributed by atoms with van der Waals surface area (Å²) in [5, 5.41) is 31.4. The van der Waals surface area contributed by atoms with Crippen molar-refractivity contribution in [3.63, 3.8) is 0 Å². The van der Waals surface area contributed by atoms with Gasteiger partial charge in [0, 0.05) is 12.1 Å². The van der Waals surface area contributed by atoms with E-state index in [0.29, 0.717) is 18.0 Å². The number of hydrogen-bond donors (Lipinski definition) is 4. The van der Waals surface area contributed by atoms with Crippen molar-refractivity contribution in [1.82, 2.24) is 5.32 Å². The van der Waals surface area contributed by atoms with Crippen LogP contribution in [0.15, 0.2) is 12.1 Å². The zero-order chi connectivity index (χ0) is 12.4. The molecule has 0 spiro atoms. The van der Waals surface area contributed by atoms with Crippen LogP contribution in [0.1, 0.15) is 25.3 Å². The molecule has 1 saturated carbocycles. The van der Waals surface area contributed by atoms with Crippen LogP contribution in [0.2, 0.25) is 0 Å². The van der Waals surface area contributed by atoms with Gasteiger partial charge in [0.15, 0.2) is 11.5 Å². The highest BCUT2D eigenvalue weighted by Gasteiger charge is 2.27. The van der Waals surface area contributed by atoms with Crippen LogP contribution in [0.25, 0.3) is 0 Å². The predicted octanol–water partition coefficient (Wildman–Crippen LogP) is 1.94. The molecule has 0 radical (unpaired) electrons.